The second-order valence-corrected chi connectivity index (χ2v) is 9.41. The predicted octanol–water partition coefficient (Wildman–Crippen LogP) is 4.11. The van der Waals surface area contributed by atoms with E-state index in [-0.39, 0.29) is 17.3 Å². The van der Waals surface area contributed by atoms with Crippen LogP contribution in [0.4, 0.5) is 5.69 Å². The van der Waals surface area contributed by atoms with Crippen molar-refractivity contribution in [3.05, 3.63) is 50.0 Å². The van der Waals surface area contributed by atoms with Crippen LogP contribution in [-0.2, 0) is 24.2 Å². The van der Waals surface area contributed by atoms with Gasteiger partial charge in [-0.2, -0.15) is 4.98 Å². The van der Waals surface area contributed by atoms with E-state index in [1.54, 1.807) is 18.2 Å². The zero-order chi connectivity index (χ0) is 21.7. The molecule has 0 atom stereocenters. The number of nitrogens with one attached hydrogen (secondary N) is 1. The van der Waals surface area contributed by atoms with Gasteiger partial charge < -0.3 is 10.2 Å². The third-order valence-corrected chi connectivity index (χ3v) is 6.56. The van der Waals surface area contributed by atoms with Gasteiger partial charge in [0, 0.05) is 22.8 Å². The number of fused-ring (bicyclic) bond motifs is 1. The Balaban J connectivity index is 1.73. The number of hydrogen-bond acceptors (Lipinski definition) is 5. The third kappa shape index (κ3) is 6.00. The van der Waals surface area contributed by atoms with Gasteiger partial charge >= 0.3 is 5.69 Å². The molecule has 2 aromatic rings. The van der Waals surface area contributed by atoms with Gasteiger partial charge in [0.05, 0.1) is 16.5 Å². The molecular weight excluding hydrogens is 443 g/mol. The van der Waals surface area contributed by atoms with Crippen molar-refractivity contribution in [1.82, 2.24) is 14.5 Å². The summed E-state index contributed by atoms with van der Waals surface area (Å²) in [7, 11) is 4.05. The molecule has 30 heavy (non-hydrogen) atoms. The van der Waals surface area contributed by atoms with Crippen molar-refractivity contribution in [2.24, 2.45) is 0 Å². The van der Waals surface area contributed by atoms with Crippen molar-refractivity contribution in [3.8, 4) is 0 Å². The van der Waals surface area contributed by atoms with Gasteiger partial charge in [0.2, 0.25) is 5.91 Å². The minimum atomic E-state index is -0.227. The van der Waals surface area contributed by atoms with Gasteiger partial charge in [0.1, 0.15) is 5.03 Å². The SMILES string of the molecule is CN(C)CCCn1c2c(c(SCC(=O)Nc3cc(Cl)ccc3Cl)nc1=O)CCCC2. The lowest BCUT2D eigenvalue weighted by atomic mass is 9.97. The van der Waals surface area contributed by atoms with E-state index in [2.05, 4.69) is 15.2 Å². The predicted molar refractivity (Wildman–Crippen MR) is 124 cm³/mol. The molecule has 0 aliphatic heterocycles. The van der Waals surface area contributed by atoms with Gasteiger partial charge in [-0.3, -0.25) is 9.36 Å². The van der Waals surface area contributed by atoms with Crippen molar-refractivity contribution in [3.63, 3.8) is 0 Å². The minimum Gasteiger partial charge on any atom is -0.324 e. The largest absolute Gasteiger partial charge is 0.348 e. The molecule has 0 spiro atoms. The number of carbonyl (C=O) groups excluding carboxylic acids is 1. The minimum absolute atomic E-state index is 0.145. The first-order chi connectivity index (χ1) is 14.3. The molecule has 1 aliphatic rings. The number of anilines is 1. The number of carbonyl (C=O) groups is 1. The molecule has 1 aromatic heterocycles. The molecule has 0 unspecified atom stereocenters. The highest BCUT2D eigenvalue weighted by molar-refractivity contribution is 8.00. The second kappa shape index (κ2) is 10.7. The van der Waals surface area contributed by atoms with E-state index in [0.29, 0.717) is 27.3 Å². The summed E-state index contributed by atoms with van der Waals surface area (Å²) in [6, 6.07) is 4.92. The van der Waals surface area contributed by atoms with Gasteiger partial charge in [-0.25, -0.2) is 4.79 Å². The summed E-state index contributed by atoms with van der Waals surface area (Å²) in [4.78, 5) is 31.6. The Bertz CT molecular complexity index is 978. The molecule has 9 heteroatoms. The lowest BCUT2D eigenvalue weighted by molar-refractivity contribution is -0.113. The molecule has 6 nitrogen and oxygen atoms in total. The molecule has 0 fully saturated rings. The van der Waals surface area contributed by atoms with Crippen LogP contribution >= 0.6 is 35.0 Å². The first-order valence-electron chi connectivity index (χ1n) is 10.00. The molecule has 1 heterocycles. The Morgan fingerprint density at radius 1 is 1.27 bits per heavy atom. The number of hydrogen-bond donors (Lipinski definition) is 1. The summed E-state index contributed by atoms with van der Waals surface area (Å²) in [5.41, 5.74) is 2.45. The maximum atomic E-state index is 12.7. The molecule has 1 N–H and O–H groups in total. The van der Waals surface area contributed by atoms with Crippen LogP contribution in [0.2, 0.25) is 10.0 Å². The lowest BCUT2D eigenvalue weighted by Crippen LogP contribution is -2.31. The molecular formula is C21H26Cl2N4O2S. The van der Waals surface area contributed by atoms with Gasteiger partial charge in [0.15, 0.2) is 0 Å². The van der Waals surface area contributed by atoms with Crippen LogP contribution in [0.3, 0.4) is 0 Å². The van der Waals surface area contributed by atoms with Crippen molar-refractivity contribution in [2.75, 3.05) is 31.7 Å². The Morgan fingerprint density at radius 3 is 2.80 bits per heavy atom. The van der Waals surface area contributed by atoms with Crippen LogP contribution in [0.5, 0.6) is 0 Å². The standard InChI is InChI=1S/C21H26Cl2N4O2S/c1-26(2)10-5-11-27-18-7-4-3-6-15(18)20(25-21(27)29)30-13-19(28)24-17-12-14(22)8-9-16(17)23/h8-9,12H,3-7,10-11,13H2,1-2H3,(H,24,28). The molecule has 1 aliphatic carbocycles. The van der Waals surface area contributed by atoms with E-state index in [0.717, 1.165) is 49.9 Å². The molecule has 162 valence electrons. The van der Waals surface area contributed by atoms with E-state index < -0.39 is 0 Å². The first-order valence-corrected chi connectivity index (χ1v) is 11.7. The topological polar surface area (TPSA) is 67.2 Å². The van der Waals surface area contributed by atoms with Crippen LogP contribution in [0.1, 0.15) is 30.5 Å². The van der Waals surface area contributed by atoms with E-state index >= 15 is 0 Å². The molecule has 0 saturated carbocycles. The highest BCUT2D eigenvalue weighted by atomic mass is 35.5. The Hall–Kier alpha value is -1.54. The molecule has 3 rings (SSSR count). The zero-order valence-corrected chi connectivity index (χ0v) is 19.5. The summed E-state index contributed by atoms with van der Waals surface area (Å²) in [5.74, 6) is -0.0718. The number of nitrogens with zero attached hydrogens (tertiary/aromatic N) is 3. The summed E-state index contributed by atoms with van der Waals surface area (Å²) in [5, 5.41) is 4.37. The first kappa shape index (κ1) is 23.1. The fraction of sp³-hybridized carbons (Fsp3) is 0.476. The average Bonchev–Trinajstić information content (AvgIpc) is 2.70. The summed E-state index contributed by atoms with van der Waals surface area (Å²) in [6.45, 7) is 1.59. The Labute approximate surface area is 191 Å². The van der Waals surface area contributed by atoms with Gasteiger partial charge in [-0.05, 0) is 70.9 Å². The third-order valence-electron chi connectivity index (χ3n) is 4.98. The van der Waals surface area contributed by atoms with E-state index in [1.165, 1.54) is 11.8 Å². The smallest absolute Gasteiger partial charge is 0.324 e. The van der Waals surface area contributed by atoms with Crippen molar-refractivity contribution < 1.29 is 4.79 Å². The molecule has 1 amide bonds. The van der Waals surface area contributed by atoms with Crippen LogP contribution in [-0.4, -0.2) is 46.8 Å². The monoisotopic (exact) mass is 468 g/mol. The summed E-state index contributed by atoms with van der Waals surface area (Å²) < 4.78 is 1.83. The quantitative estimate of drug-likeness (QED) is 0.466. The number of amides is 1. The zero-order valence-electron chi connectivity index (χ0n) is 17.2. The highest BCUT2D eigenvalue weighted by Crippen LogP contribution is 2.29. The van der Waals surface area contributed by atoms with Gasteiger partial charge in [-0.15, -0.1) is 0 Å². The van der Waals surface area contributed by atoms with Crippen LogP contribution < -0.4 is 11.0 Å². The van der Waals surface area contributed by atoms with E-state index in [4.69, 9.17) is 23.2 Å². The average molecular weight is 469 g/mol. The van der Waals surface area contributed by atoms with Gasteiger partial charge in [0.25, 0.3) is 0 Å². The maximum Gasteiger partial charge on any atom is 0.348 e. The fourth-order valence-corrected chi connectivity index (χ4v) is 4.77. The van der Waals surface area contributed by atoms with Crippen molar-refractivity contribution >= 4 is 46.6 Å². The maximum absolute atomic E-state index is 12.7. The van der Waals surface area contributed by atoms with Crippen LogP contribution in [0.15, 0.2) is 28.0 Å². The Morgan fingerprint density at radius 2 is 2.03 bits per heavy atom. The highest BCUT2D eigenvalue weighted by Gasteiger charge is 2.21. The normalized spacial score (nSPS) is 13.4. The van der Waals surface area contributed by atoms with Crippen molar-refractivity contribution in [1.29, 1.82) is 0 Å². The lowest BCUT2D eigenvalue weighted by Gasteiger charge is -2.23. The second-order valence-electron chi connectivity index (χ2n) is 7.60. The molecule has 1 aromatic carbocycles. The van der Waals surface area contributed by atoms with E-state index in [1.807, 2.05) is 18.7 Å². The number of rotatable bonds is 8. The number of halogens is 2. The summed E-state index contributed by atoms with van der Waals surface area (Å²) in [6.07, 6.45) is 4.81. The Kier molecular flexibility index (Phi) is 8.22. The van der Waals surface area contributed by atoms with Gasteiger partial charge in [-0.1, -0.05) is 35.0 Å². The molecule has 0 radical (unpaired) electrons. The van der Waals surface area contributed by atoms with E-state index in [9.17, 15) is 9.59 Å². The number of benzene rings is 1. The number of aromatic nitrogens is 2. The summed E-state index contributed by atoms with van der Waals surface area (Å²) >= 11 is 13.4. The number of thioether (sulfide) groups is 1. The van der Waals surface area contributed by atoms with Crippen LogP contribution in [0.25, 0.3) is 0 Å². The fourth-order valence-electron chi connectivity index (χ4n) is 3.56. The van der Waals surface area contributed by atoms with Crippen LogP contribution in [0, 0.1) is 0 Å². The molecule has 0 saturated heterocycles. The van der Waals surface area contributed by atoms with Crippen molar-refractivity contribution in [2.45, 2.75) is 43.7 Å². The molecule has 0 bridgehead atoms.